The van der Waals surface area contributed by atoms with Crippen molar-refractivity contribution in [3.05, 3.63) is 59.9 Å². The van der Waals surface area contributed by atoms with Gasteiger partial charge in [0, 0.05) is 24.7 Å². The van der Waals surface area contributed by atoms with E-state index in [2.05, 4.69) is 31.7 Å². The molecule has 0 spiro atoms. The lowest BCUT2D eigenvalue weighted by Crippen LogP contribution is -2.15. The molecule has 0 amide bonds. The average Bonchev–Trinajstić information content (AvgIpc) is 2.46. The smallest absolute Gasteiger partial charge is 0.119 e. The summed E-state index contributed by atoms with van der Waals surface area (Å²) < 4.78 is 5.20. The van der Waals surface area contributed by atoms with E-state index in [0.29, 0.717) is 0 Å². The quantitative estimate of drug-likeness (QED) is 0.839. The third-order valence-corrected chi connectivity index (χ3v) is 3.32. The van der Waals surface area contributed by atoms with Gasteiger partial charge in [0.25, 0.3) is 0 Å². The Morgan fingerprint density at radius 2 is 2.22 bits per heavy atom. The van der Waals surface area contributed by atoms with Crippen LogP contribution < -0.4 is 10.1 Å². The zero-order chi connectivity index (χ0) is 12.8. The Hall–Kier alpha value is -1.44. The Kier molecular flexibility index (Phi) is 4.68. The molecule has 1 heterocycles. The standard InChI is InChI=1S/C14H17N2OP/c1-17-13-6-2-4-11(8-13)9-16-14(18)12-5-3-7-15-10-12/h2-8,10,14,16H,9,18H2,1H3. The van der Waals surface area contributed by atoms with E-state index >= 15 is 0 Å². The molecular weight excluding hydrogens is 243 g/mol. The molecule has 1 aromatic heterocycles. The summed E-state index contributed by atoms with van der Waals surface area (Å²) in [7, 11) is 4.47. The maximum atomic E-state index is 5.20. The summed E-state index contributed by atoms with van der Waals surface area (Å²) >= 11 is 0. The van der Waals surface area contributed by atoms with Gasteiger partial charge in [-0.05, 0) is 29.3 Å². The van der Waals surface area contributed by atoms with Crippen molar-refractivity contribution in [1.29, 1.82) is 0 Å². The molecule has 0 bridgehead atoms. The Morgan fingerprint density at radius 1 is 1.33 bits per heavy atom. The van der Waals surface area contributed by atoms with E-state index in [4.69, 9.17) is 4.74 Å². The summed E-state index contributed by atoms with van der Waals surface area (Å²) in [5.41, 5.74) is 2.36. The van der Waals surface area contributed by atoms with Crippen molar-refractivity contribution in [2.75, 3.05) is 7.11 Å². The van der Waals surface area contributed by atoms with Crippen molar-refractivity contribution in [2.45, 2.75) is 12.3 Å². The van der Waals surface area contributed by atoms with E-state index < -0.39 is 0 Å². The van der Waals surface area contributed by atoms with Crippen LogP contribution in [0.25, 0.3) is 0 Å². The molecule has 0 aliphatic heterocycles. The summed E-state index contributed by atoms with van der Waals surface area (Å²) in [6, 6.07) is 12.1. The Balaban J connectivity index is 1.95. The second-order valence-electron chi connectivity index (χ2n) is 4.00. The number of aromatic nitrogens is 1. The highest BCUT2D eigenvalue weighted by atomic mass is 31.0. The van der Waals surface area contributed by atoms with Crippen LogP contribution in [0.15, 0.2) is 48.8 Å². The van der Waals surface area contributed by atoms with Crippen molar-refractivity contribution in [3.8, 4) is 5.75 Å². The van der Waals surface area contributed by atoms with E-state index in [1.807, 2.05) is 30.5 Å². The molecule has 4 heteroatoms. The first-order chi connectivity index (χ1) is 8.79. The summed E-state index contributed by atoms with van der Waals surface area (Å²) in [5, 5.41) is 3.43. The van der Waals surface area contributed by atoms with Gasteiger partial charge in [-0.25, -0.2) is 0 Å². The maximum Gasteiger partial charge on any atom is 0.119 e. The van der Waals surface area contributed by atoms with Crippen molar-refractivity contribution in [3.63, 3.8) is 0 Å². The Labute approximate surface area is 110 Å². The lowest BCUT2D eigenvalue weighted by Gasteiger charge is -2.14. The van der Waals surface area contributed by atoms with E-state index in [1.54, 1.807) is 13.3 Å². The van der Waals surface area contributed by atoms with E-state index in [0.717, 1.165) is 17.9 Å². The normalized spacial score (nSPS) is 12.1. The predicted octanol–water partition coefficient (Wildman–Crippen LogP) is 2.75. The Morgan fingerprint density at radius 3 is 2.94 bits per heavy atom. The summed E-state index contributed by atoms with van der Waals surface area (Å²) in [6.45, 7) is 0.792. The number of hydrogen-bond acceptors (Lipinski definition) is 3. The first kappa shape index (κ1) is 13.0. The molecule has 0 aliphatic rings. The molecule has 0 fully saturated rings. The number of benzene rings is 1. The summed E-state index contributed by atoms with van der Waals surface area (Å²) in [4.78, 5) is 4.11. The molecule has 2 unspecified atom stereocenters. The topological polar surface area (TPSA) is 34.1 Å². The van der Waals surface area contributed by atoms with Crippen LogP contribution in [0.1, 0.15) is 16.9 Å². The first-order valence-electron chi connectivity index (χ1n) is 5.81. The van der Waals surface area contributed by atoms with Gasteiger partial charge in [-0.1, -0.05) is 18.2 Å². The van der Waals surface area contributed by atoms with Gasteiger partial charge in [-0.3, -0.25) is 4.98 Å². The van der Waals surface area contributed by atoms with Gasteiger partial charge in [0.1, 0.15) is 5.75 Å². The molecule has 0 saturated carbocycles. The van der Waals surface area contributed by atoms with Gasteiger partial charge in [-0.15, -0.1) is 9.24 Å². The molecule has 1 aromatic carbocycles. The van der Waals surface area contributed by atoms with Crippen LogP contribution in [-0.2, 0) is 6.54 Å². The highest BCUT2D eigenvalue weighted by Crippen LogP contribution is 2.20. The van der Waals surface area contributed by atoms with E-state index in [9.17, 15) is 0 Å². The van der Waals surface area contributed by atoms with Crippen LogP contribution in [0, 0.1) is 0 Å². The lowest BCUT2D eigenvalue weighted by molar-refractivity contribution is 0.414. The van der Waals surface area contributed by atoms with Crippen LogP contribution in [-0.4, -0.2) is 12.1 Å². The minimum absolute atomic E-state index is 0.199. The average molecular weight is 260 g/mol. The zero-order valence-electron chi connectivity index (χ0n) is 10.3. The fourth-order valence-electron chi connectivity index (χ4n) is 1.69. The van der Waals surface area contributed by atoms with Gasteiger partial charge in [-0.2, -0.15) is 0 Å². The monoisotopic (exact) mass is 260 g/mol. The fraction of sp³-hybridized carbons (Fsp3) is 0.214. The minimum atomic E-state index is 0.199. The predicted molar refractivity (Wildman–Crippen MR) is 76.5 cm³/mol. The van der Waals surface area contributed by atoms with E-state index in [1.165, 1.54) is 5.56 Å². The zero-order valence-corrected chi connectivity index (χ0v) is 11.5. The number of rotatable bonds is 5. The first-order valence-corrected chi connectivity index (χ1v) is 6.48. The lowest BCUT2D eigenvalue weighted by atomic mass is 10.2. The second kappa shape index (κ2) is 6.48. The molecule has 18 heavy (non-hydrogen) atoms. The SMILES string of the molecule is COc1cccc(CNC(P)c2cccnc2)c1. The van der Waals surface area contributed by atoms with Crippen LogP contribution in [0.4, 0.5) is 0 Å². The number of methoxy groups -OCH3 is 1. The van der Waals surface area contributed by atoms with Gasteiger partial charge in [0.15, 0.2) is 0 Å². The van der Waals surface area contributed by atoms with Crippen molar-refractivity contribution >= 4 is 9.24 Å². The largest absolute Gasteiger partial charge is 0.497 e. The molecule has 1 N–H and O–H groups in total. The molecule has 0 aliphatic carbocycles. The highest BCUT2D eigenvalue weighted by Gasteiger charge is 2.04. The van der Waals surface area contributed by atoms with Gasteiger partial charge in [0.2, 0.25) is 0 Å². The molecule has 2 atom stereocenters. The highest BCUT2D eigenvalue weighted by molar-refractivity contribution is 7.17. The molecule has 3 nitrogen and oxygen atoms in total. The summed E-state index contributed by atoms with van der Waals surface area (Å²) in [5.74, 6) is 1.08. The van der Waals surface area contributed by atoms with Crippen molar-refractivity contribution in [1.82, 2.24) is 10.3 Å². The Bertz CT molecular complexity index is 490. The van der Waals surface area contributed by atoms with Crippen LogP contribution in [0.2, 0.25) is 0 Å². The number of hydrogen-bond donors (Lipinski definition) is 1. The molecular formula is C14H17N2OP. The minimum Gasteiger partial charge on any atom is -0.497 e. The number of nitrogens with zero attached hydrogens (tertiary/aromatic N) is 1. The molecule has 0 saturated heterocycles. The summed E-state index contributed by atoms with van der Waals surface area (Å²) in [6.07, 6.45) is 3.65. The van der Waals surface area contributed by atoms with Crippen LogP contribution in [0.3, 0.4) is 0 Å². The molecule has 0 radical (unpaired) electrons. The molecule has 2 aromatic rings. The number of ether oxygens (including phenoxy) is 1. The fourth-order valence-corrected chi connectivity index (χ4v) is 2.00. The van der Waals surface area contributed by atoms with E-state index in [-0.39, 0.29) is 5.78 Å². The second-order valence-corrected chi connectivity index (χ2v) is 4.66. The van der Waals surface area contributed by atoms with Crippen LogP contribution >= 0.6 is 9.24 Å². The van der Waals surface area contributed by atoms with Gasteiger partial charge < -0.3 is 10.1 Å². The third kappa shape index (κ3) is 3.52. The van der Waals surface area contributed by atoms with Crippen molar-refractivity contribution < 1.29 is 4.74 Å². The van der Waals surface area contributed by atoms with Crippen LogP contribution in [0.5, 0.6) is 5.75 Å². The number of pyridine rings is 1. The van der Waals surface area contributed by atoms with Gasteiger partial charge >= 0.3 is 0 Å². The van der Waals surface area contributed by atoms with Gasteiger partial charge in [0.05, 0.1) is 7.11 Å². The number of nitrogens with one attached hydrogen (secondary N) is 1. The maximum absolute atomic E-state index is 5.20. The molecule has 2 rings (SSSR count). The van der Waals surface area contributed by atoms with Crippen molar-refractivity contribution in [2.24, 2.45) is 0 Å². The third-order valence-electron chi connectivity index (χ3n) is 2.70. The molecule has 94 valence electrons.